The molecule has 0 fully saturated rings. The second-order valence-electron chi connectivity index (χ2n) is 4.36. The summed E-state index contributed by atoms with van der Waals surface area (Å²) in [5.41, 5.74) is 6.96. The van der Waals surface area contributed by atoms with Crippen LogP contribution in [0.15, 0.2) is 48.5 Å². The number of carbonyl (C=O) groups excluding carboxylic acids is 2. The van der Waals surface area contributed by atoms with E-state index in [1.54, 1.807) is 24.3 Å². The topological polar surface area (TPSA) is 84.2 Å². The molecule has 0 saturated carbocycles. The van der Waals surface area contributed by atoms with Crippen molar-refractivity contribution in [2.75, 3.05) is 17.6 Å². The first-order chi connectivity index (χ1) is 10.0. The molecule has 0 spiro atoms. The molecule has 2 aromatic carbocycles. The van der Waals surface area contributed by atoms with Gasteiger partial charge in [-0.25, -0.2) is 4.39 Å². The van der Waals surface area contributed by atoms with Crippen LogP contribution in [0.4, 0.5) is 15.8 Å². The third kappa shape index (κ3) is 4.31. The van der Waals surface area contributed by atoms with Crippen LogP contribution in [0.5, 0.6) is 0 Å². The van der Waals surface area contributed by atoms with Gasteiger partial charge in [0.05, 0.1) is 6.54 Å². The molecule has 21 heavy (non-hydrogen) atoms. The standard InChI is InChI=1S/C15H14FN3O2/c16-11-3-7-13(8-4-11)19-14(20)9-18-15(21)10-1-5-12(17)6-2-10/h1-8H,9,17H2,(H,18,21)(H,19,20). The number of benzene rings is 2. The van der Waals surface area contributed by atoms with Crippen LogP contribution in [-0.4, -0.2) is 18.4 Å². The van der Waals surface area contributed by atoms with E-state index in [1.165, 1.54) is 24.3 Å². The highest BCUT2D eigenvalue weighted by Crippen LogP contribution is 2.08. The summed E-state index contributed by atoms with van der Waals surface area (Å²) in [6.45, 7) is -0.180. The van der Waals surface area contributed by atoms with E-state index in [-0.39, 0.29) is 18.3 Å². The number of hydrogen-bond donors (Lipinski definition) is 3. The summed E-state index contributed by atoms with van der Waals surface area (Å²) >= 11 is 0. The Morgan fingerprint density at radius 1 is 1.00 bits per heavy atom. The van der Waals surface area contributed by atoms with Crippen molar-refractivity contribution < 1.29 is 14.0 Å². The average molecular weight is 287 g/mol. The SMILES string of the molecule is Nc1ccc(C(=O)NCC(=O)Nc2ccc(F)cc2)cc1. The minimum absolute atomic E-state index is 0.180. The zero-order valence-corrected chi connectivity index (χ0v) is 11.1. The number of nitrogen functional groups attached to an aromatic ring is 1. The van der Waals surface area contributed by atoms with Gasteiger partial charge in [0, 0.05) is 16.9 Å². The van der Waals surface area contributed by atoms with Gasteiger partial charge in [-0.1, -0.05) is 0 Å². The van der Waals surface area contributed by atoms with E-state index in [0.717, 1.165) is 0 Å². The van der Waals surface area contributed by atoms with Gasteiger partial charge in [-0.15, -0.1) is 0 Å². The normalized spacial score (nSPS) is 9.95. The number of hydrogen-bond acceptors (Lipinski definition) is 3. The van der Waals surface area contributed by atoms with Crippen LogP contribution in [0.3, 0.4) is 0 Å². The maximum absolute atomic E-state index is 12.7. The lowest BCUT2D eigenvalue weighted by molar-refractivity contribution is -0.115. The molecule has 2 amide bonds. The molecule has 4 N–H and O–H groups in total. The minimum atomic E-state index is -0.398. The first kappa shape index (κ1) is 14.5. The largest absolute Gasteiger partial charge is 0.399 e. The zero-order chi connectivity index (χ0) is 15.2. The Hall–Kier alpha value is -2.89. The van der Waals surface area contributed by atoms with Gasteiger partial charge in [0.1, 0.15) is 5.82 Å². The Balaban J connectivity index is 1.84. The van der Waals surface area contributed by atoms with Gasteiger partial charge < -0.3 is 16.4 Å². The summed E-state index contributed by atoms with van der Waals surface area (Å²) in [5.74, 6) is -1.15. The number of rotatable bonds is 4. The number of nitrogens with two attached hydrogens (primary N) is 1. The Kier molecular flexibility index (Phi) is 4.50. The molecule has 0 saturated heterocycles. The van der Waals surface area contributed by atoms with E-state index in [9.17, 15) is 14.0 Å². The van der Waals surface area contributed by atoms with Crippen molar-refractivity contribution in [3.05, 3.63) is 59.9 Å². The van der Waals surface area contributed by atoms with E-state index >= 15 is 0 Å². The molecule has 0 heterocycles. The number of anilines is 2. The molecule has 0 aromatic heterocycles. The molecule has 0 bridgehead atoms. The van der Waals surface area contributed by atoms with Crippen molar-refractivity contribution in [2.24, 2.45) is 0 Å². The highest BCUT2D eigenvalue weighted by atomic mass is 19.1. The van der Waals surface area contributed by atoms with Gasteiger partial charge in [-0.2, -0.15) is 0 Å². The van der Waals surface area contributed by atoms with Gasteiger partial charge in [-0.05, 0) is 48.5 Å². The molecule has 0 atom stereocenters. The fourth-order valence-corrected chi connectivity index (χ4v) is 1.64. The number of halogens is 1. The first-order valence-electron chi connectivity index (χ1n) is 6.24. The second-order valence-corrected chi connectivity index (χ2v) is 4.36. The molecule has 108 valence electrons. The Morgan fingerprint density at radius 2 is 1.62 bits per heavy atom. The lowest BCUT2D eigenvalue weighted by atomic mass is 10.2. The summed E-state index contributed by atoms with van der Waals surface area (Å²) in [6.07, 6.45) is 0. The van der Waals surface area contributed by atoms with E-state index < -0.39 is 5.91 Å². The predicted octanol–water partition coefficient (Wildman–Crippen LogP) is 1.78. The van der Waals surface area contributed by atoms with E-state index in [4.69, 9.17) is 5.73 Å². The van der Waals surface area contributed by atoms with E-state index in [2.05, 4.69) is 10.6 Å². The van der Waals surface area contributed by atoms with E-state index in [0.29, 0.717) is 16.9 Å². The molecule has 0 aliphatic carbocycles. The molecule has 0 unspecified atom stereocenters. The maximum atomic E-state index is 12.7. The predicted molar refractivity (Wildman–Crippen MR) is 78.2 cm³/mol. The number of nitrogens with one attached hydrogen (secondary N) is 2. The highest BCUT2D eigenvalue weighted by Gasteiger charge is 2.08. The molecule has 2 aromatic rings. The summed E-state index contributed by atoms with van der Waals surface area (Å²) in [4.78, 5) is 23.4. The summed E-state index contributed by atoms with van der Waals surface area (Å²) in [7, 11) is 0. The maximum Gasteiger partial charge on any atom is 0.251 e. The zero-order valence-electron chi connectivity index (χ0n) is 11.1. The summed E-state index contributed by atoms with van der Waals surface area (Å²) in [5, 5.41) is 5.03. The van der Waals surface area contributed by atoms with E-state index in [1.807, 2.05) is 0 Å². The van der Waals surface area contributed by atoms with Crippen LogP contribution < -0.4 is 16.4 Å². The Bertz CT molecular complexity index is 639. The molecule has 0 aliphatic heterocycles. The van der Waals surface area contributed by atoms with Gasteiger partial charge in [0.25, 0.3) is 5.91 Å². The smallest absolute Gasteiger partial charge is 0.251 e. The molecule has 6 heteroatoms. The van der Waals surface area contributed by atoms with Crippen molar-refractivity contribution in [1.29, 1.82) is 0 Å². The first-order valence-corrected chi connectivity index (χ1v) is 6.24. The van der Waals surface area contributed by atoms with Crippen LogP contribution in [-0.2, 0) is 4.79 Å². The fourth-order valence-electron chi connectivity index (χ4n) is 1.64. The van der Waals surface area contributed by atoms with Crippen LogP contribution in [0.25, 0.3) is 0 Å². The van der Waals surface area contributed by atoms with Gasteiger partial charge in [0.2, 0.25) is 5.91 Å². The Labute approximate surface area is 121 Å². The number of carbonyl (C=O) groups is 2. The molecular formula is C15H14FN3O2. The van der Waals surface area contributed by atoms with Crippen molar-refractivity contribution in [1.82, 2.24) is 5.32 Å². The van der Waals surface area contributed by atoms with Gasteiger partial charge in [0.15, 0.2) is 0 Å². The molecule has 2 rings (SSSR count). The van der Waals surface area contributed by atoms with Crippen molar-refractivity contribution >= 4 is 23.2 Å². The third-order valence-electron chi connectivity index (χ3n) is 2.71. The van der Waals surface area contributed by atoms with Gasteiger partial charge >= 0.3 is 0 Å². The third-order valence-corrected chi connectivity index (χ3v) is 2.71. The quantitative estimate of drug-likeness (QED) is 0.749. The molecule has 0 aliphatic rings. The van der Waals surface area contributed by atoms with Crippen LogP contribution >= 0.6 is 0 Å². The molecular weight excluding hydrogens is 273 g/mol. The lowest BCUT2D eigenvalue weighted by Gasteiger charge is -2.07. The molecule has 5 nitrogen and oxygen atoms in total. The monoisotopic (exact) mass is 287 g/mol. The van der Waals surface area contributed by atoms with Crippen molar-refractivity contribution in [2.45, 2.75) is 0 Å². The minimum Gasteiger partial charge on any atom is -0.399 e. The number of amides is 2. The average Bonchev–Trinajstić information content (AvgIpc) is 2.48. The second kappa shape index (κ2) is 6.51. The highest BCUT2D eigenvalue weighted by molar-refractivity contribution is 5.99. The van der Waals surface area contributed by atoms with Crippen LogP contribution in [0.2, 0.25) is 0 Å². The molecule has 0 radical (unpaired) electrons. The van der Waals surface area contributed by atoms with Crippen LogP contribution in [0.1, 0.15) is 10.4 Å². The fraction of sp³-hybridized carbons (Fsp3) is 0.0667. The summed E-state index contributed by atoms with van der Waals surface area (Å²) in [6, 6.07) is 11.7. The lowest BCUT2D eigenvalue weighted by Crippen LogP contribution is -2.32. The summed E-state index contributed by atoms with van der Waals surface area (Å²) < 4.78 is 12.7. The van der Waals surface area contributed by atoms with Crippen LogP contribution in [0, 0.1) is 5.82 Å². The Morgan fingerprint density at radius 3 is 2.24 bits per heavy atom. The van der Waals surface area contributed by atoms with Crippen molar-refractivity contribution in [3.8, 4) is 0 Å². The van der Waals surface area contributed by atoms with Crippen molar-refractivity contribution in [3.63, 3.8) is 0 Å². The van der Waals surface area contributed by atoms with Gasteiger partial charge in [-0.3, -0.25) is 9.59 Å².